The van der Waals surface area contributed by atoms with Crippen molar-refractivity contribution in [1.82, 2.24) is 5.32 Å². The van der Waals surface area contributed by atoms with Crippen LogP contribution in [-0.4, -0.2) is 97.0 Å². The van der Waals surface area contributed by atoms with Gasteiger partial charge in [0, 0.05) is 34.6 Å². The predicted molar refractivity (Wildman–Crippen MR) is 155 cm³/mol. The highest BCUT2D eigenvalue weighted by Crippen LogP contribution is 2.30. The summed E-state index contributed by atoms with van der Waals surface area (Å²) in [5.41, 5.74) is 17.9. The Morgan fingerprint density at radius 2 is 1.45 bits per heavy atom. The van der Waals surface area contributed by atoms with E-state index >= 15 is 0 Å². The number of nitrogens with two attached hydrogens (primary N) is 1. The largest absolute Gasteiger partial charge is 0.379 e. The summed E-state index contributed by atoms with van der Waals surface area (Å²) < 4.78 is 27.8. The van der Waals surface area contributed by atoms with Gasteiger partial charge in [0.25, 0.3) is 0 Å². The van der Waals surface area contributed by atoms with Gasteiger partial charge in [-0.1, -0.05) is 27.1 Å². The standard InChI is InChI=1S/C26H43BrN6O7/c1-19-18-20(2)25(21(3)24(19)27)32-23(34)5-4-22(28)26(35)30-6-8-36-10-12-38-14-16-40-17-15-39-13-11-37-9-7-31-33-29/h18,22H,4-17,28H2,1-3H3,(H,30,35)(H,32,34)/t22-/m1/s1. The maximum Gasteiger partial charge on any atom is 0.237 e. The van der Waals surface area contributed by atoms with E-state index in [4.69, 9.17) is 34.9 Å². The number of nitrogens with one attached hydrogen (secondary N) is 2. The molecular formula is C26H43BrN6O7. The summed E-state index contributed by atoms with van der Waals surface area (Å²) in [6, 6.07) is 1.22. The molecule has 0 saturated heterocycles. The van der Waals surface area contributed by atoms with Gasteiger partial charge in [0.15, 0.2) is 0 Å². The van der Waals surface area contributed by atoms with Crippen LogP contribution in [0.2, 0.25) is 0 Å². The van der Waals surface area contributed by atoms with Crippen molar-refractivity contribution in [1.29, 1.82) is 0 Å². The normalized spacial score (nSPS) is 11.6. The molecule has 14 heteroatoms. The molecule has 0 spiro atoms. The van der Waals surface area contributed by atoms with E-state index in [1.165, 1.54) is 0 Å². The first-order chi connectivity index (χ1) is 19.3. The SMILES string of the molecule is Cc1cc(C)c(NC(=O)CC[C@@H](N)C(=O)NCCOCCOCCOCCOCCOCCN=[N+]=[N-])c(C)c1Br. The molecule has 0 aliphatic rings. The van der Waals surface area contributed by atoms with Crippen LogP contribution in [0.25, 0.3) is 10.4 Å². The highest BCUT2D eigenvalue weighted by Gasteiger charge is 2.16. The van der Waals surface area contributed by atoms with Crippen molar-refractivity contribution in [2.45, 2.75) is 39.7 Å². The summed E-state index contributed by atoms with van der Waals surface area (Å²) in [6.45, 7) is 10.7. The first kappa shape index (κ1) is 35.7. The molecule has 13 nitrogen and oxygen atoms in total. The quantitative estimate of drug-likeness (QED) is 0.0714. The number of carbonyl (C=O) groups excluding carboxylic acids is 2. The molecular weight excluding hydrogens is 588 g/mol. The number of amides is 2. The molecule has 0 bridgehead atoms. The number of aryl methyl sites for hydroxylation is 2. The molecule has 0 saturated carbocycles. The van der Waals surface area contributed by atoms with Gasteiger partial charge < -0.3 is 40.1 Å². The number of nitrogens with zero attached hydrogens (tertiary/aromatic N) is 3. The number of hydrogen-bond donors (Lipinski definition) is 3. The Morgan fingerprint density at radius 3 is 2.00 bits per heavy atom. The minimum Gasteiger partial charge on any atom is -0.379 e. The van der Waals surface area contributed by atoms with E-state index in [-0.39, 0.29) is 24.7 Å². The van der Waals surface area contributed by atoms with Crippen molar-refractivity contribution in [3.8, 4) is 0 Å². The van der Waals surface area contributed by atoms with Gasteiger partial charge in [-0.05, 0) is 49.4 Å². The Kier molecular flexibility index (Phi) is 20.0. The minimum absolute atomic E-state index is 0.139. The zero-order valence-corrected chi connectivity index (χ0v) is 25.3. The lowest BCUT2D eigenvalue weighted by atomic mass is 10.0. The van der Waals surface area contributed by atoms with Gasteiger partial charge in [-0.3, -0.25) is 9.59 Å². The van der Waals surface area contributed by atoms with Crippen LogP contribution in [0, 0.1) is 20.8 Å². The second kappa shape index (κ2) is 22.4. The van der Waals surface area contributed by atoms with Crippen molar-refractivity contribution in [3.63, 3.8) is 0 Å². The van der Waals surface area contributed by atoms with E-state index in [1.807, 2.05) is 26.8 Å². The maximum atomic E-state index is 12.4. The van der Waals surface area contributed by atoms with Gasteiger partial charge in [0.1, 0.15) is 0 Å². The van der Waals surface area contributed by atoms with Gasteiger partial charge in [-0.2, -0.15) is 0 Å². The molecule has 1 aromatic carbocycles. The van der Waals surface area contributed by atoms with Crippen LogP contribution in [0.5, 0.6) is 0 Å². The zero-order chi connectivity index (χ0) is 29.6. The molecule has 0 heterocycles. The van der Waals surface area contributed by atoms with Crippen molar-refractivity contribution < 1.29 is 33.3 Å². The van der Waals surface area contributed by atoms with Gasteiger partial charge in [-0.15, -0.1) is 0 Å². The maximum absolute atomic E-state index is 12.4. The number of halogens is 1. The van der Waals surface area contributed by atoms with Crippen LogP contribution in [0.3, 0.4) is 0 Å². The Bertz CT molecular complexity index is 947. The second-order valence-electron chi connectivity index (χ2n) is 8.83. The molecule has 40 heavy (non-hydrogen) atoms. The van der Waals surface area contributed by atoms with Crippen LogP contribution >= 0.6 is 15.9 Å². The third-order valence-electron chi connectivity index (χ3n) is 5.59. The molecule has 1 atom stereocenters. The van der Waals surface area contributed by atoms with Gasteiger partial charge in [0.2, 0.25) is 11.8 Å². The van der Waals surface area contributed by atoms with Gasteiger partial charge in [0.05, 0.1) is 72.1 Å². The molecule has 1 aromatic rings. The molecule has 0 radical (unpaired) electrons. The Balaban J connectivity index is 1.97. The number of ether oxygens (including phenoxy) is 5. The Morgan fingerprint density at radius 1 is 0.925 bits per heavy atom. The molecule has 0 aliphatic carbocycles. The van der Waals surface area contributed by atoms with E-state index < -0.39 is 6.04 Å². The lowest BCUT2D eigenvalue weighted by Crippen LogP contribution is -2.42. The molecule has 2 amide bonds. The van der Waals surface area contributed by atoms with Crippen LogP contribution in [0.1, 0.15) is 29.5 Å². The number of azide groups is 1. The minimum atomic E-state index is -0.782. The van der Waals surface area contributed by atoms with E-state index in [0.717, 1.165) is 26.9 Å². The van der Waals surface area contributed by atoms with E-state index in [1.54, 1.807) is 0 Å². The topological polar surface area (TPSA) is 179 Å². The van der Waals surface area contributed by atoms with Crippen LogP contribution in [-0.2, 0) is 33.3 Å². The summed E-state index contributed by atoms with van der Waals surface area (Å²) in [7, 11) is 0. The summed E-state index contributed by atoms with van der Waals surface area (Å²) in [5.74, 6) is -0.508. The Hall–Kier alpha value is -2.29. The van der Waals surface area contributed by atoms with Crippen molar-refractivity contribution in [3.05, 3.63) is 37.7 Å². The third-order valence-corrected chi connectivity index (χ3v) is 6.81. The first-order valence-electron chi connectivity index (χ1n) is 13.3. The van der Waals surface area contributed by atoms with E-state index in [0.29, 0.717) is 79.2 Å². The first-order valence-corrected chi connectivity index (χ1v) is 14.1. The average molecular weight is 632 g/mol. The molecule has 1 rings (SSSR count). The molecule has 0 unspecified atom stereocenters. The van der Waals surface area contributed by atoms with Gasteiger partial charge >= 0.3 is 0 Å². The Labute approximate surface area is 244 Å². The summed E-state index contributed by atoms with van der Waals surface area (Å²) in [4.78, 5) is 27.2. The fourth-order valence-corrected chi connectivity index (χ4v) is 3.80. The third kappa shape index (κ3) is 16.1. The molecule has 0 aromatic heterocycles. The lowest BCUT2D eigenvalue weighted by molar-refractivity contribution is -0.123. The number of benzene rings is 1. The fraction of sp³-hybridized carbons (Fsp3) is 0.692. The van der Waals surface area contributed by atoms with Crippen LogP contribution in [0.15, 0.2) is 15.7 Å². The molecule has 4 N–H and O–H groups in total. The number of hydrogen-bond acceptors (Lipinski definition) is 9. The highest BCUT2D eigenvalue weighted by atomic mass is 79.9. The van der Waals surface area contributed by atoms with Crippen molar-refractivity contribution in [2.75, 3.05) is 84.5 Å². The molecule has 0 fully saturated rings. The number of rotatable bonds is 23. The molecule has 0 aliphatic heterocycles. The number of anilines is 1. The van der Waals surface area contributed by atoms with Crippen molar-refractivity contribution >= 4 is 33.4 Å². The average Bonchev–Trinajstić information content (AvgIpc) is 2.93. The highest BCUT2D eigenvalue weighted by molar-refractivity contribution is 9.10. The van der Waals surface area contributed by atoms with E-state index in [9.17, 15) is 9.59 Å². The predicted octanol–water partition coefficient (Wildman–Crippen LogP) is 2.93. The second-order valence-corrected chi connectivity index (χ2v) is 9.62. The zero-order valence-electron chi connectivity index (χ0n) is 23.7. The van der Waals surface area contributed by atoms with Crippen molar-refractivity contribution in [2.24, 2.45) is 10.8 Å². The summed E-state index contributed by atoms with van der Waals surface area (Å²) >= 11 is 3.55. The van der Waals surface area contributed by atoms with Crippen LogP contribution in [0.4, 0.5) is 5.69 Å². The summed E-state index contributed by atoms with van der Waals surface area (Å²) in [5, 5.41) is 9.01. The summed E-state index contributed by atoms with van der Waals surface area (Å²) in [6.07, 6.45) is 0.375. The van der Waals surface area contributed by atoms with Crippen LogP contribution < -0.4 is 16.4 Å². The molecule has 226 valence electrons. The monoisotopic (exact) mass is 630 g/mol. The fourth-order valence-electron chi connectivity index (χ4n) is 3.48. The van der Waals surface area contributed by atoms with E-state index in [2.05, 4.69) is 36.6 Å². The number of carbonyl (C=O) groups is 2. The van der Waals surface area contributed by atoms with Gasteiger partial charge in [-0.25, -0.2) is 0 Å². The lowest BCUT2D eigenvalue weighted by Gasteiger charge is -2.16. The smallest absolute Gasteiger partial charge is 0.237 e.